The van der Waals surface area contributed by atoms with Gasteiger partial charge in [0.15, 0.2) is 0 Å². The van der Waals surface area contributed by atoms with Crippen LogP contribution in [0.5, 0.6) is 5.75 Å². The first kappa shape index (κ1) is 14.8. The number of benzene rings is 1. The minimum absolute atomic E-state index is 0.221. The van der Waals surface area contributed by atoms with Crippen molar-refractivity contribution in [3.05, 3.63) is 24.3 Å². The maximum atomic E-state index is 9.76. The number of ether oxygens (including phenoxy) is 2. The van der Waals surface area contributed by atoms with Gasteiger partial charge in [0.25, 0.3) is 0 Å². The summed E-state index contributed by atoms with van der Waals surface area (Å²) >= 11 is 0. The van der Waals surface area contributed by atoms with E-state index in [1.54, 1.807) is 7.11 Å². The fourth-order valence-corrected chi connectivity index (χ4v) is 1.35. The summed E-state index contributed by atoms with van der Waals surface area (Å²) in [6.45, 7) is 6.69. The molecule has 0 aliphatic heterocycles. The molecule has 0 fully saturated rings. The number of aliphatic hydroxyl groups is 1. The average molecular weight is 253 g/mol. The predicted octanol–water partition coefficient (Wildman–Crippen LogP) is 2.28. The number of anilines is 1. The van der Waals surface area contributed by atoms with Crippen molar-refractivity contribution in [2.24, 2.45) is 0 Å². The van der Waals surface area contributed by atoms with E-state index in [0.717, 1.165) is 11.4 Å². The highest BCUT2D eigenvalue weighted by atomic mass is 16.5. The van der Waals surface area contributed by atoms with E-state index in [4.69, 9.17) is 9.47 Å². The molecule has 1 aromatic rings. The molecule has 0 spiro atoms. The summed E-state index contributed by atoms with van der Waals surface area (Å²) in [6, 6.07) is 7.58. The second kappa shape index (κ2) is 6.61. The van der Waals surface area contributed by atoms with Gasteiger partial charge in [0.2, 0.25) is 0 Å². The first-order valence-corrected chi connectivity index (χ1v) is 6.10. The Balaban J connectivity index is 2.31. The van der Waals surface area contributed by atoms with Crippen LogP contribution in [0.3, 0.4) is 0 Å². The number of methoxy groups -OCH3 is 1. The Morgan fingerprint density at radius 2 is 1.83 bits per heavy atom. The molecule has 0 saturated heterocycles. The van der Waals surface area contributed by atoms with Crippen LogP contribution in [0.4, 0.5) is 5.69 Å². The van der Waals surface area contributed by atoms with Crippen molar-refractivity contribution < 1.29 is 14.6 Å². The lowest BCUT2D eigenvalue weighted by Gasteiger charge is -2.22. The van der Waals surface area contributed by atoms with Crippen LogP contribution in [-0.2, 0) is 4.74 Å². The Kier molecular flexibility index (Phi) is 5.44. The summed E-state index contributed by atoms with van der Waals surface area (Å²) in [5.41, 5.74) is 0.728. The Morgan fingerprint density at radius 3 is 2.33 bits per heavy atom. The van der Waals surface area contributed by atoms with Gasteiger partial charge >= 0.3 is 0 Å². The van der Waals surface area contributed by atoms with E-state index in [-0.39, 0.29) is 5.60 Å². The molecule has 0 radical (unpaired) electrons. The third kappa shape index (κ3) is 5.89. The smallest absolute Gasteiger partial charge is 0.119 e. The number of hydrogen-bond acceptors (Lipinski definition) is 4. The summed E-state index contributed by atoms with van der Waals surface area (Å²) in [7, 11) is 1.63. The van der Waals surface area contributed by atoms with E-state index in [9.17, 15) is 5.11 Å². The highest BCUT2D eigenvalue weighted by Gasteiger charge is 2.13. The molecule has 0 bridgehead atoms. The highest BCUT2D eigenvalue weighted by Crippen LogP contribution is 2.15. The van der Waals surface area contributed by atoms with Gasteiger partial charge in [-0.2, -0.15) is 0 Å². The van der Waals surface area contributed by atoms with Gasteiger partial charge in [-0.1, -0.05) is 0 Å². The summed E-state index contributed by atoms with van der Waals surface area (Å²) in [6.07, 6.45) is -0.522. The molecule has 18 heavy (non-hydrogen) atoms. The molecule has 0 aromatic heterocycles. The molecule has 1 rings (SSSR count). The van der Waals surface area contributed by atoms with Crippen LogP contribution in [0.15, 0.2) is 24.3 Å². The van der Waals surface area contributed by atoms with E-state index in [0.29, 0.717) is 13.2 Å². The Labute approximate surface area is 109 Å². The largest absolute Gasteiger partial charge is 0.497 e. The lowest BCUT2D eigenvalue weighted by atomic mass is 10.2. The van der Waals surface area contributed by atoms with Gasteiger partial charge in [0.1, 0.15) is 5.75 Å². The monoisotopic (exact) mass is 253 g/mol. The maximum Gasteiger partial charge on any atom is 0.119 e. The molecular formula is C14H23NO3. The fourth-order valence-electron chi connectivity index (χ4n) is 1.35. The first-order chi connectivity index (χ1) is 8.40. The van der Waals surface area contributed by atoms with Gasteiger partial charge in [-0.3, -0.25) is 0 Å². The minimum Gasteiger partial charge on any atom is -0.497 e. The molecule has 0 heterocycles. The summed E-state index contributed by atoms with van der Waals surface area (Å²) in [5.74, 6) is 0.817. The van der Waals surface area contributed by atoms with Crippen molar-refractivity contribution in [1.29, 1.82) is 0 Å². The third-order valence-corrected chi connectivity index (χ3v) is 2.34. The van der Waals surface area contributed by atoms with Crippen LogP contribution in [-0.4, -0.2) is 37.1 Å². The zero-order valence-electron chi connectivity index (χ0n) is 11.6. The van der Waals surface area contributed by atoms with E-state index in [2.05, 4.69) is 5.32 Å². The SMILES string of the molecule is COc1ccc(NCC(O)COC(C)(C)C)cc1. The Bertz CT molecular complexity index is 343. The van der Waals surface area contributed by atoms with Crippen LogP contribution < -0.4 is 10.1 Å². The first-order valence-electron chi connectivity index (χ1n) is 6.10. The molecule has 4 nitrogen and oxygen atoms in total. The second-order valence-corrected chi connectivity index (χ2v) is 5.19. The number of aliphatic hydroxyl groups excluding tert-OH is 1. The number of rotatable bonds is 6. The van der Waals surface area contributed by atoms with Crippen molar-refractivity contribution in [3.63, 3.8) is 0 Å². The van der Waals surface area contributed by atoms with Crippen molar-refractivity contribution in [2.75, 3.05) is 25.6 Å². The highest BCUT2D eigenvalue weighted by molar-refractivity contribution is 5.46. The summed E-state index contributed by atoms with van der Waals surface area (Å²) in [5, 5.41) is 12.9. The molecule has 0 saturated carbocycles. The van der Waals surface area contributed by atoms with Crippen molar-refractivity contribution in [1.82, 2.24) is 0 Å². The maximum absolute atomic E-state index is 9.76. The fraction of sp³-hybridized carbons (Fsp3) is 0.571. The van der Waals surface area contributed by atoms with E-state index < -0.39 is 6.10 Å². The van der Waals surface area contributed by atoms with Gasteiger partial charge in [-0.05, 0) is 45.0 Å². The molecule has 4 heteroatoms. The van der Waals surface area contributed by atoms with Crippen LogP contribution in [0.2, 0.25) is 0 Å². The van der Waals surface area contributed by atoms with Crippen LogP contribution in [0.25, 0.3) is 0 Å². The quantitative estimate of drug-likeness (QED) is 0.816. The molecular weight excluding hydrogens is 230 g/mol. The molecule has 0 amide bonds. The van der Waals surface area contributed by atoms with Gasteiger partial charge in [-0.25, -0.2) is 0 Å². The molecule has 1 atom stereocenters. The second-order valence-electron chi connectivity index (χ2n) is 5.19. The number of nitrogens with one attached hydrogen (secondary N) is 1. The van der Waals surface area contributed by atoms with Crippen LogP contribution >= 0.6 is 0 Å². The predicted molar refractivity (Wildman–Crippen MR) is 73.2 cm³/mol. The molecule has 1 aromatic carbocycles. The zero-order chi connectivity index (χ0) is 13.6. The lowest BCUT2D eigenvalue weighted by Crippen LogP contribution is -2.30. The third-order valence-electron chi connectivity index (χ3n) is 2.34. The molecule has 102 valence electrons. The molecule has 2 N–H and O–H groups in total. The van der Waals surface area contributed by atoms with E-state index in [1.807, 2.05) is 45.0 Å². The average Bonchev–Trinajstić information content (AvgIpc) is 2.33. The van der Waals surface area contributed by atoms with Crippen molar-refractivity contribution in [2.45, 2.75) is 32.5 Å². The van der Waals surface area contributed by atoms with Crippen molar-refractivity contribution in [3.8, 4) is 5.75 Å². The molecule has 0 aliphatic carbocycles. The van der Waals surface area contributed by atoms with Crippen molar-refractivity contribution >= 4 is 5.69 Å². The Hall–Kier alpha value is -1.26. The molecule has 1 unspecified atom stereocenters. The van der Waals surface area contributed by atoms with Gasteiger partial charge < -0.3 is 19.9 Å². The Morgan fingerprint density at radius 1 is 1.22 bits per heavy atom. The van der Waals surface area contributed by atoms with Crippen LogP contribution in [0.1, 0.15) is 20.8 Å². The lowest BCUT2D eigenvalue weighted by molar-refractivity contribution is -0.0449. The topological polar surface area (TPSA) is 50.7 Å². The summed E-state index contributed by atoms with van der Waals surface area (Å²) in [4.78, 5) is 0. The van der Waals surface area contributed by atoms with Crippen LogP contribution in [0, 0.1) is 0 Å². The zero-order valence-corrected chi connectivity index (χ0v) is 11.6. The number of hydrogen-bond donors (Lipinski definition) is 2. The molecule has 0 aliphatic rings. The summed E-state index contributed by atoms with van der Waals surface area (Å²) < 4.78 is 10.6. The van der Waals surface area contributed by atoms with Gasteiger partial charge in [0, 0.05) is 12.2 Å². The van der Waals surface area contributed by atoms with Gasteiger partial charge in [-0.15, -0.1) is 0 Å². The van der Waals surface area contributed by atoms with E-state index >= 15 is 0 Å². The minimum atomic E-state index is -0.522. The van der Waals surface area contributed by atoms with E-state index in [1.165, 1.54) is 0 Å². The normalized spacial score (nSPS) is 13.2. The van der Waals surface area contributed by atoms with Gasteiger partial charge in [0.05, 0.1) is 25.4 Å². The standard InChI is InChI=1S/C14H23NO3/c1-14(2,3)18-10-12(16)9-15-11-5-7-13(17-4)8-6-11/h5-8,12,15-16H,9-10H2,1-4H3.